The Morgan fingerprint density at radius 3 is 2.56 bits per heavy atom. The molecule has 0 radical (unpaired) electrons. The quantitative estimate of drug-likeness (QED) is 0.522. The number of carbonyl (C=O) groups excluding carboxylic acids is 1. The average molecular weight is 228 g/mol. The molecule has 1 aliphatic carbocycles. The zero-order valence-corrected chi connectivity index (χ0v) is 10.4. The van der Waals surface area contributed by atoms with Gasteiger partial charge >= 0.3 is 0 Å². The van der Waals surface area contributed by atoms with E-state index >= 15 is 0 Å². The minimum absolute atomic E-state index is 0.461. The van der Waals surface area contributed by atoms with E-state index in [0.29, 0.717) is 12.1 Å². The molecule has 1 N–H and O–H groups in total. The summed E-state index contributed by atoms with van der Waals surface area (Å²) in [5.74, 6) is 0. The first-order chi connectivity index (χ1) is 7.81. The van der Waals surface area contributed by atoms with Crippen LogP contribution in [0.3, 0.4) is 0 Å². The third-order valence-electron chi connectivity index (χ3n) is 3.53. The maximum Gasteiger partial charge on any atom is 0.207 e. The van der Waals surface area contributed by atoms with Crippen molar-refractivity contribution < 1.29 is 9.53 Å². The van der Waals surface area contributed by atoms with Crippen LogP contribution >= 0.6 is 0 Å². The number of hydrogen-bond donors (Lipinski definition) is 1. The first-order valence-corrected chi connectivity index (χ1v) is 6.25. The highest BCUT2D eigenvalue weighted by molar-refractivity contribution is 5.45. The second kappa shape index (κ2) is 7.63. The maximum absolute atomic E-state index is 10.2. The van der Waals surface area contributed by atoms with Crippen LogP contribution in [0.15, 0.2) is 0 Å². The Bertz CT molecular complexity index is 191. The lowest BCUT2D eigenvalue weighted by Crippen LogP contribution is -2.42. The first kappa shape index (κ1) is 13.5. The van der Waals surface area contributed by atoms with Gasteiger partial charge in [-0.05, 0) is 32.2 Å². The van der Waals surface area contributed by atoms with E-state index in [1.165, 1.54) is 25.7 Å². The van der Waals surface area contributed by atoms with Gasteiger partial charge in [-0.3, -0.25) is 9.69 Å². The molecule has 1 saturated carbocycles. The van der Waals surface area contributed by atoms with Crippen LogP contribution < -0.4 is 5.32 Å². The summed E-state index contributed by atoms with van der Waals surface area (Å²) in [7, 11) is 1.80. The highest BCUT2D eigenvalue weighted by Crippen LogP contribution is 2.24. The summed E-state index contributed by atoms with van der Waals surface area (Å²) in [5, 5.41) is 2.73. The maximum atomic E-state index is 10.2. The Morgan fingerprint density at radius 1 is 1.38 bits per heavy atom. The molecule has 1 rings (SSSR count). The topological polar surface area (TPSA) is 41.6 Å². The van der Waals surface area contributed by atoms with Crippen molar-refractivity contribution in [2.75, 3.05) is 26.7 Å². The van der Waals surface area contributed by atoms with E-state index < -0.39 is 0 Å². The lowest BCUT2D eigenvalue weighted by molar-refractivity contribution is -0.109. The monoisotopic (exact) mass is 228 g/mol. The molecule has 16 heavy (non-hydrogen) atoms. The lowest BCUT2D eigenvalue weighted by Gasteiger charge is -2.35. The molecule has 0 heterocycles. The molecule has 4 heteroatoms. The summed E-state index contributed by atoms with van der Waals surface area (Å²) in [6.45, 7) is 4.95. The highest BCUT2D eigenvalue weighted by atomic mass is 16.5. The van der Waals surface area contributed by atoms with Crippen molar-refractivity contribution >= 4 is 6.41 Å². The number of likely N-dealkylation sites (N-methyl/N-ethyl adjacent to an activating group) is 1. The fourth-order valence-corrected chi connectivity index (χ4v) is 2.51. The summed E-state index contributed by atoms with van der Waals surface area (Å²) in [5.41, 5.74) is 0. The molecule has 0 aromatic heterocycles. The van der Waals surface area contributed by atoms with Crippen LogP contribution in [0.1, 0.15) is 32.6 Å². The SMILES string of the molecule is CCN(CCNC=O)C1CCC(OC)CC1. The number of nitrogens with zero attached hydrogens (tertiary/aromatic N) is 1. The number of hydrogen-bond acceptors (Lipinski definition) is 3. The number of methoxy groups -OCH3 is 1. The molecule has 0 bridgehead atoms. The summed E-state index contributed by atoms with van der Waals surface area (Å²) in [4.78, 5) is 12.6. The van der Waals surface area contributed by atoms with Gasteiger partial charge in [0, 0.05) is 26.2 Å². The van der Waals surface area contributed by atoms with Gasteiger partial charge < -0.3 is 10.1 Å². The van der Waals surface area contributed by atoms with Crippen molar-refractivity contribution in [1.29, 1.82) is 0 Å². The van der Waals surface area contributed by atoms with Crippen molar-refractivity contribution in [3.05, 3.63) is 0 Å². The molecule has 4 nitrogen and oxygen atoms in total. The van der Waals surface area contributed by atoms with Gasteiger partial charge in [0.1, 0.15) is 0 Å². The summed E-state index contributed by atoms with van der Waals surface area (Å²) < 4.78 is 5.37. The van der Waals surface area contributed by atoms with Gasteiger partial charge in [0.25, 0.3) is 0 Å². The van der Waals surface area contributed by atoms with Gasteiger partial charge in [-0.15, -0.1) is 0 Å². The molecule has 0 unspecified atom stereocenters. The number of ether oxygens (including phenoxy) is 1. The summed E-state index contributed by atoms with van der Waals surface area (Å²) >= 11 is 0. The Balaban J connectivity index is 2.27. The van der Waals surface area contributed by atoms with Crippen molar-refractivity contribution in [3.63, 3.8) is 0 Å². The largest absolute Gasteiger partial charge is 0.381 e. The molecule has 0 aromatic carbocycles. The Hall–Kier alpha value is -0.610. The van der Waals surface area contributed by atoms with Crippen LogP contribution in [0, 0.1) is 0 Å². The van der Waals surface area contributed by atoms with Crippen molar-refractivity contribution in [1.82, 2.24) is 10.2 Å². The third-order valence-corrected chi connectivity index (χ3v) is 3.53. The zero-order valence-electron chi connectivity index (χ0n) is 10.4. The third kappa shape index (κ3) is 4.10. The fourth-order valence-electron chi connectivity index (χ4n) is 2.51. The molecule has 1 fully saturated rings. The second-order valence-corrected chi connectivity index (χ2v) is 4.37. The van der Waals surface area contributed by atoms with Gasteiger partial charge in [-0.2, -0.15) is 0 Å². The van der Waals surface area contributed by atoms with Gasteiger partial charge in [0.05, 0.1) is 6.10 Å². The number of rotatable bonds is 7. The molecule has 0 spiro atoms. The van der Waals surface area contributed by atoms with E-state index in [1.807, 2.05) is 0 Å². The second-order valence-electron chi connectivity index (χ2n) is 4.37. The molecular weight excluding hydrogens is 204 g/mol. The van der Waals surface area contributed by atoms with E-state index in [4.69, 9.17) is 4.74 Å². The van der Waals surface area contributed by atoms with Crippen molar-refractivity contribution in [3.8, 4) is 0 Å². The minimum atomic E-state index is 0.461. The first-order valence-electron chi connectivity index (χ1n) is 6.25. The van der Waals surface area contributed by atoms with E-state index in [1.54, 1.807) is 7.11 Å². The molecule has 1 amide bonds. The molecule has 0 saturated heterocycles. The van der Waals surface area contributed by atoms with Gasteiger partial charge in [0.15, 0.2) is 0 Å². The Labute approximate surface area is 98.3 Å². The standard InChI is InChI=1S/C12H24N2O2/c1-3-14(9-8-13-10-15)11-4-6-12(16-2)7-5-11/h10-12H,3-9H2,1-2H3,(H,13,15). The number of nitrogens with one attached hydrogen (secondary N) is 1. The van der Waals surface area contributed by atoms with E-state index in [-0.39, 0.29) is 0 Å². The number of amides is 1. The van der Waals surface area contributed by atoms with Crippen LogP contribution in [0.4, 0.5) is 0 Å². The van der Waals surface area contributed by atoms with Crippen molar-refractivity contribution in [2.24, 2.45) is 0 Å². The smallest absolute Gasteiger partial charge is 0.207 e. The summed E-state index contributed by atoms with van der Waals surface area (Å²) in [6.07, 6.45) is 6.00. The Kier molecular flexibility index (Phi) is 6.42. The van der Waals surface area contributed by atoms with Gasteiger partial charge in [-0.1, -0.05) is 6.92 Å². The molecule has 0 aromatic rings. The molecule has 94 valence electrons. The van der Waals surface area contributed by atoms with E-state index in [0.717, 1.165) is 26.0 Å². The molecular formula is C12H24N2O2. The molecule has 0 atom stereocenters. The van der Waals surface area contributed by atoms with Gasteiger partial charge in [-0.25, -0.2) is 0 Å². The fraction of sp³-hybridized carbons (Fsp3) is 0.917. The van der Waals surface area contributed by atoms with Crippen molar-refractivity contribution in [2.45, 2.75) is 44.8 Å². The highest BCUT2D eigenvalue weighted by Gasteiger charge is 2.24. The van der Waals surface area contributed by atoms with Crippen LogP contribution in [0.5, 0.6) is 0 Å². The molecule has 0 aliphatic heterocycles. The number of carbonyl (C=O) groups is 1. The van der Waals surface area contributed by atoms with E-state index in [9.17, 15) is 4.79 Å². The van der Waals surface area contributed by atoms with Crippen LogP contribution in [-0.4, -0.2) is 50.2 Å². The lowest BCUT2D eigenvalue weighted by atomic mass is 9.92. The van der Waals surface area contributed by atoms with Crippen LogP contribution in [-0.2, 0) is 9.53 Å². The zero-order chi connectivity index (χ0) is 11.8. The predicted molar refractivity (Wildman–Crippen MR) is 64.4 cm³/mol. The van der Waals surface area contributed by atoms with E-state index in [2.05, 4.69) is 17.1 Å². The normalized spacial score (nSPS) is 25.7. The van der Waals surface area contributed by atoms with Crippen LogP contribution in [0.25, 0.3) is 0 Å². The molecule has 1 aliphatic rings. The Morgan fingerprint density at radius 2 is 2.06 bits per heavy atom. The summed E-state index contributed by atoms with van der Waals surface area (Å²) in [6, 6.07) is 0.671. The van der Waals surface area contributed by atoms with Gasteiger partial charge in [0.2, 0.25) is 6.41 Å². The minimum Gasteiger partial charge on any atom is -0.381 e. The van der Waals surface area contributed by atoms with Crippen LogP contribution in [0.2, 0.25) is 0 Å². The average Bonchev–Trinajstić information content (AvgIpc) is 2.35. The predicted octanol–water partition coefficient (Wildman–Crippen LogP) is 1.01.